The van der Waals surface area contributed by atoms with E-state index in [2.05, 4.69) is 19.2 Å². The van der Waals surface area contributed by atoms with Gasteiger partial charge in [-0.25, -0.2) is 0 Å². The van der Waals surface area contributed by atoms with Crippen molar-refractivity contribution in [2.45, 2.75) is 26.7 Å². The summed E-state index contributed by atoms with van der Waals surface area (Å²) in [7, 11) is 0. The van der Waals surface area contributed by atoms with Crippen LogP contribution in [0.25, 0.3) is 0 Å². The third-order valence-electron chi connectivity index (χ3n) is 3.57. The van der Waals surface area contributed by atoms with Crippen LogP contribution in [-0.4, -0.2) is 30.1 Å². The maximum Gasteiger partial charge on any atom is 0.311 e. The van der Waals surface area contributed by atoms with Crippen LogP contribution in [0.5, 0.6) is 5.75 Å². The minimum atomic E-state index is -0.836. The predicted molar refractivity (Wildman–Crippen MR) is 78.4 cm³/mol. The van der Waals surface area contributed by atoms with Gasteiger partial charge in [-0.15, -0.1) is 0 Å². The van der Waals surface area contributed by atoms with Crippen LogP contribution in [0.2, 0.25) is 0 Å². The van der Waals surface area contributed by atoms with Crippen LogP contribution < -0.4 is 10.1 Å². The van der Waals surface area contributed by atoms with Crippen LogP contribution in [0.1, 0.15) is 37.0 Å². The molecule has 0 unspecified atom stereocenters. The van der Waals surface area contributed by atoms with Gasteiger partial charge < -0.3 is 15.2 Å². The van der Waals surface area contributed by atoms with Crippen molar-refractivity contribution in [1.82, 2.24) is 5.32 Å². The smallest absolute Gasteiger partial charge is 0.311 e. The molecule has 1 aromatic rings. The molecule has 1 amide bonds. The summed E-state index contributed by atoms with van der Waals surface area (Å²) < 4.78 is 5.58. The molecule has 21 heavy (non-hydrogen) atoms. The van der Waals surface area contributed by atoms with Crippen LogP contribution >= 0.6 is 0 Å². The molecule has 1 fully saturated rings. The van der Waals surface area contributed by atoms with Gasteiger partial charge in [0.25, 0.3) is 5.91 Å². The molecule has 0 atom stereocenters. The van der Waals surface area contributed by atoms with Gasteiger partial charge in [-0.1, -0.05) is 19.9 Å². The summed E-state index contributed by atoms with van der Waals surface area (Å²) in [6, 6.07) is 6.93. The van der Waals surface area contributed by atoms with Crippen LogP contribution in [-0.2, 0) is 4.79 Å². The highest BCUT2D eigenvalue weighted by Crippen LogP contribution is 2.45. The molecule has 2 rings (SSSR count). The minimum absolute atomic E-state index is 0.179. The van der Waals surface area contributed by atoms with Gasteiger partial charge in [0.2, 0.25) is 0 Å². The van der Waals surface area contributed by atoms with Gasteiger partial charge in [0.1, 0.15) is 5.75 Å². The summed E-state index contributed by atoms with van der Waals surface area (Å²) in [5.74, 6) is -0.0437. The molecular weight excluding hydrogens is 270 g/mol. The number of carbonyl (C=O) groups is 2. The summed E-state index contributed by atoms with van der Waals surface area (Å²) in [4.78, 5) is 23.1. The largest absolute Gasteiger partial charge is 0.493 e. The Labute approximate surface area is 124 Å². The van der Waals surface area contributed by atoms with Crippen LogP contribution in [0.4, 0.5) is 0 Å². The Bertz CT molecular complexity index is 535. The van der Waals surface area contributed by atoms with E-state index in [4.69, 9.17) is 9.84 Å². The van der Waals surface area contributed by atoms with Crippen LogP contribution in [0.3, 0.4) is 0 Å². The summed E-state index contributed by atoms with van der Waals surface area (Å²) in [6.07, 6.45) is 1.25. The Balaban J connectivity index is 1.93. The SMILES string of the molecule is CC(C)COc1cccc(C(=O)NCC2(C(=O)O)CC2)c1. The first-order valence-electron chi connectivity index (χ1n) is 7.17. The molecule has 0 aliphatic heterocycles. The van der Waals surface area contributed by atoms with Gasteiger partial charge >= 0.3 is 5.97 Å². The molecule has 5 heteroatoms. The van der Waals surface area contributed by atoms with Crippen LogP contribution in [0, 0.1) is 11.3 Å². The number of nitrogens with one attached hydrogen (secondary N) is 1. The number of benzene rings is 1. The van der Waals surface area contributed by atoms with E-state index in [1.165, 1.54) is 0 Å². The normalized spacial score (nSPS) is 15.6. The highest BCUT2D eigenvalue weighted by Gasteiger charge is 2.50. The molecule has 0 radical (unpaired) electrons. The highest BCUT2D eigenvalue weighted by atomic mass is 16.5. The van der Waals surface area contributed by atoms with Gasteiger partial charge in [0.05, 0.1) is 12.0 Å². The molecule has 5 nitrogen and oxygen atoms in total. The van der Waals surface area contributed by atoms with E-state index in [-0.39, 0.29) is 12.5 Å². The third-order valence-corrected chi connectivity index (χ3v) is 3.57. The molecule has 1 aromatic carbocycles. The lowest BCUT2D eigenvalue weighted by Gasteiger charge is -2.12. The van der Waals surface area contributed by atoms with Gasteiger partial charge in [-0.2, -0.15) is 0 Å². The number of amides is 1. The molecule has 0 aromatic heterocycles. The Morgan fingerprint density at radius 3 is 2.67 bits per heavy atom. The number of aliphatic carboxylic acids is 1. The van der Waals surface area contributed by atoms with Crippen molar-refractivity contribution in [3.8, 4) is 5.75 Å². The zero-order valence-electron chi connectivity index (χ0n) is 12.4. The first-order chi connectivity index (χ1) is 9.93. The molecule has 1 aliphatic rings. The minimum Gasteiger partial charge on any atom is -0.493 e. The van der Waals surface area contributed by atoms with E-state index in [9.17, 15) is 9.59 Å². The average molecular weight is 291 g/mol. The maximum atomic E-state index is 12.1. The van der Waals surface area contributed by atoms with Crippen molar-refractivity contribution >= 4 is 11.9 Å². The predicted octanol–water partition coefficient (Wildman–Crippen LogP) is 2.32. The van der Waals surface area contributed by atoms with Crippen molar-refractivity contribution in [1.29, 1.82) is 0 Å². The van der Waals surface area contributed by atoms with Crippen molar-refractivity contribution < 1.29 is 19.4 Å². The first kappa shape index (κ1) is 15.4. The summed E-state index contributed by atoms with van der Waals surface area (Å²) in [5.41, 5.74) is -0.265. The van der Waals surface area contributed by atoms with E-state index in [0.29, 0.717) is 36.7 Å². The number of carboxylic acid groups (broad SMARTS) is 1. The first-order valence-corrected chi connectivity index (χ1v) is 7.17. The van der Waals surface area contributed by atoms with Gasteiger partial charge in [-0.05, 0) is 37.0 Å². The van der Waals surface area contributed by atoms with E-state index in [0.717, 1.165) is 0 Å². The third kappa shape index (κ3) is 3.97. The van der Waals surface area contributed by atoms with Crippen molar-refractivity contribution in [3.63, 3.8) is 0 Å². The van der Waals surface area contributed by atoms with Gasteiger partial charge in [-0.3, -0.25) is 9.59 Å². The molecule has 0 spiro atoms. The molecule has 114 valence electrons. The fraction of sp³-hybridized carbons (Fsp3) is 0.500. The summed E-state index contributed by atoms with van der Waals surface area (Å²) in [6.45, 7) is 4.88. The monoisotopic (exact) mass is 291 g/mol. The standard InChI is InChI=1S/C16H21NO4/c1-11(2)9-21-13-5-3-4-12(8-13)14(18)17-10-16(6-7-16)15(19)20/h3-5,8,11H,6-7,9-10H2,1-2H3,(H,17,18)(H,19,20). The number of ether oxygens (including phenoxy) is 1. The fourth-order valence-electron chi connectivity index (χ4n) is 1.96. The molecule has 1 saturated carbocycles. The van der Waals surface area contributed by atoms with Gasteiger partial charge in [0, 0.05) is 12.1 Å². The second-order valence-corrected chi connectivity index (χ2v) is 6.00. The quantitative estimate of drug-likeness (QED) is 0.808. The highest BCUT2D eigenvalue weighted by molar-refractivity contribution is 5.95. The number of carboxylic acids is 1. The molecule has 2 N–H and O–H groups in total. The lowest BCUT2D eigenvalue weighted by Crippen LogP contribution is -2.34. The van der Waals surface area contributed by atoms with E-state index >= 15 is 0 Å². The second kappa shape index (κ2) is 6.16. The average Bonchev–Trinajstić information content (AvgIpc) is 3.24. The lowest BCUT2D eigenvalue weighted by molar-refractivity contribution is -0.143. The van der Waals surface area contributed by atoms with E-state index in [1.807, 2.05) is 0 Å². The van der Waals surface area contributed by atoms with Gasteiger partial charge in [0.15, 0.2) is 0 Å². The Morgan fingerprint density at radius 2 is 2.10 bits per heavy atom. The van der Waals surface area contributed by atoms with E-state index < -0.39 is 11.4 Å². The Hall–Kier alpha value is -2.04. The number of hydrogen-bond acceptors (Lipinski definition) is 3. The van der Waals surface area contributed by atoms with Crippen molar-refractivity contribution in [2.75, 3.05) is 13.2 Å². The van der Waals surface area contributed by atoms with Crippen molar-refractivity contribution in [2.24, 2.45) is 11.3 Å². The topological polar surface area (TPSA) is 75.6 Å². The summed E-state index contributed by atoms with van der Waals surface area (Å²) >= 11 is 0. The molecule has 0 bridgehead atoms. The molecular formula is C16H21NO4. The molecule has 0 saturated heterocycles. The number of rotatable bonds is 7. The number of carbonyl (C=O) groups excluding carboxylic acids is 1. The second-order valence-electron chi connectivity index (χ2n) is 6.00. The van der Waals surface area contributed by atoms with Crippen molar-refractivity contribution in [3.05, 3.63) is 29.8 Å². The Kier molecular flexibility index (Phi) is 4.50. The van der Waals surface area contributed by atoms with Crippen LogP contribution in [0.15, 0.2) is 24.3 Å². The molecule has 0 heterocycles. The maximum absolute atomic E-state index is 12.1. The number of hydrogen-bond donors (Lipinski definition) is 2. The fourth-order valence-corrected chi connectivity index (χ4v) is 1.96. The Morgan fingerprint density at radius 1 is 1.38 bits per heavy atom. The molecule has 1 aliphatic carbocycles. The van der Waals surface area contributed by atoms with E-state index in [1.54, 1.807) is 24.3 Å². The lowest BCUT2D eigenvalue weighted by atomic mass is 10.1. The summed E-state index contributed by atoms with van der Waals surface area (Å²) in [5, 5.41) is 11.8. The zero-order chi connectivity index (χ0) is 15.5. The zero-order valence-corrected chi connectivity index (χ0v) is 12.4.